The Bertz CT molecular complexity index is 783. The number of carbonyl (C=O) groups excluding carboxylic acids is 1. The Morgan fingerprint density at radius 2 is 2.12 bits per heavy atom. The van der Waals surface area contributed by atoms with Crippen LogP contribution in [0.3, 0.4) is 0 Å². The molecule has 0 spiro atoms. The minimum absolute atomic E-state index is 0.0851. The number of hydrogen-bond donors (Lipinski definition) is 2. The van der Waals surface area contributed by atoms with Crippen LogP contribution in [-0.4, -0.2) is 29.6 Å². The zero-order chi connectivity index (χ0) is 18.0. The van der Waals surface area contributed by atoms with E-state index in [2.05, 4.69) is 29.3 Å². The quantitative estimate of drug-likeness (QED) is 0.843. The van der Waals surface area contributed by atoms with Gasteiger partial charge in [-0.2, -0.15) is 0 Å². The van der Waals surface area contributed by atoms with E-state index >= 15 is 0 Å². The SMILES string of the molecule is CC(CNC(=O)c1ccoc1CN1c2ccccc2CC1C)C(=O)O. The summed E-state index contributed by atoms with van der Waals surface area (Å²) in [6.45, 7) is 4.29. The maximum absolute atomic E-state index is 12.4. The van der Waals surface area contributed by atoms with Crippen molar-refractivity contribution in [1.82, 2.24) is 5.32 Å². The van der Waals surface area contributed by atoms with Crippen LogP contribution in [0.2, 0.25) is 0 Å². The molecule has 0 aliphatic carbocycles. The lowest BCUT2D eigenvalue weighted by Crippen LogP contribution is -2.33. The molecule has 25 heavy (non-hydrogen) atoms. The van der Waals surface area contributed by atoms with E-state index in [1.54, 1.807) is 13.0 Å². The highest BCUT2D eigenvalue weighted by Gasteiger charge is 2.28. The standard InChI is InChI=1S/C19H22N2O4/c1-12(19(23)24)10-20-18(22)15-7-8-25-17(15)11-21-13(2)9-14-5-3-4-6-16(14)21/h3-8,12-13H,9-11H2,1-2H3,(H,20,22)(H,23,24). The summed E-state index contributed by atoms with van der Waals surface area (Å²) in [5, 5.41) is 11.6. The van der Waals surface area contributed by atoms with Crippen molar-refractivity contribution in [3.8, 4) is 0 Å². The monoisotopic (exact) mass is 342 g/mol. The predicted octanol–water partition coefficient (Wildman–Crippen LogP) is 2.68. The van der Waals surface area contributed by atoms with Crippen LogP contribution in [0, 0.1) is 5.92 Å². The van der Waals surface area contributed by atoms with Gasteiger partial charge in [0.2, 0.25) is 0 Å². The number of benzene rings is 1. The minimum Gasteiger partial charge on any atom is -0.481 e. The van der Waals surface area contributed by atoms with E-state index in [-0.39, 0.29) is 12.5 Å². The van der Waals surface area contributed by atoms with Gasteiger partial charge in [-0.3, -0.25) is 9.59 Å². The number of rotatable bonds is 6. The fourth-order valence-electron chi connectivity index (χ4n) is 3.12. The molecule has 2 N–H and O–H groups in total. The van der Waals surface area contributed by atoms with Crippen molar-refractivity contribution in [3.63, 3.8) is 0 Å². The molecule has 6 heteroatoms. The number of carboxylic acid groups (broad SMARTS) is 1. The molecule has 132 valence electrons. The summed E-state index contributed by atoms with van der Waals surface area (Å²) in [6, 6.07) is 10.2. The molecule has 0 fully saturated rings. The number of amides is 1. The summed E-state index contributed by atoms with van der Waals surface area (Å²) in [4.78, 5) is 25.5. The number of carboxylic acids is 1. The summed E-state index contributed by atoms with van der Waals surface area (Å²) in [6.07, 6.45) is 2.46. The summed E-state index contributed by atoms with van der Waals surface area (Å²) in [5.41, 5.74) is 2.91. The summed E-state index contributed by atoms with van der Waals surface area (Å²) in [7, 11) is 0. The number of carbonyl (C=O) groups is 2. The molecule has 0 radical (unpaired) electrons. The highest BCUT2D eigenvalue weighted by molar-refractivity contribution is 5.95. The van der Waals surface area contributed by atoms with Gasteiger partial charge in [0.25, 0.3) is 5.91 Å². The van der Waals surface area contributed by atoms with Gasteiger partial charge in [0, 0.05) is 18.3 Å². The van der Waals surface area contributed by atoms with E-state index in [0.29, 0.717) is 23.9 Å². The van der Waals surface area contributed by atoms with Gasteiger partial charge in [0.1, 0.15) is 5.76 Å². The van der Waals surface area contributed by atoms with E-state index in [1.807, 2.05) is 12.1 Å². The third kappa shape index (κ3) is 3.52. The van der Waals surface area contributed by atoms with E-state index in [9.17, 15) is 9.59 Å². The van der Waals surface area contributed by atoms with Gasteiger partial charge >= 0.3 is 5.97 Å². The van der Waals surface area contributed by atoms with Crippen molar-refractivity contribution in [1.29, 1.82) is 0 Å². The normalized spacial score (nSPS) is 17.2. The van der Waals surface area contributed by atoms with Crippen LogP contribution in [0.15, 0.2) is 41.0 Å². The summed E-state index contributed by atoms with van der Waals surface area (Å²) < 4.78 is 5.55. The Hall–Kier alpha value is -2.76. The first-order valence-electron chi connectivity index (χ1n) is 8.39. The van der Waals surface area contributed by atoms with Crippen molar-refractivity contribution in [2.24, 2.45) is 5.92 Å². The van der Waals surface area contributed by atoms with E-state index in [4.69, 9.17) is 9.52 Å². The van der Waals surface area contributed by atoms with E-state index in [0.717, 1.165) is 12.1 Å². The molecule has 6 nitrogen and oxygen atoms in total. The van der Waals surface area contributed by atoms with Gasteiger partial charge in [0.15, 0.2) is 0 Å². The molecule has 0 saturated heterocycles. The first-order valence-corrected chi connectivity index (χ1v) is 8.39. The average molecular weight is 342 g/mol. The van der Waals surface area contributed by atoms with Gasteiger partial charge in [-0.25, -0.2) is 0 Å². The number of furan rings is 1. The molecule has 1 aliphatic heterocycles. The van der Waals surface area contributed by atoms with Crippen molar-refractivity contribution < 1.29 is 19.1 Å². The van der Waals surface area contributed by atoms with Crippen molar-refractivity contribution in [3.05, 3.63) is 53.5 Å². The third-order valence-electron chi connectivity index (χ3n) is 4.64. The second-order valence-corrected chi connectivity index (χ2v) is 6.52. The molecule has 0 saturated carbocycles. The van der Waals surface area contributed by atoms with Crippen molar-refractivity contribution >= 4 is 17.6 Å². The number of aliphatic carboxylic acids is 1. The van der Waals surface area contributed by atoms with Crippen LogP contribution in [0.25, 0.3) is 0 Å². The maximum Gasteiger partial charge on any atom is 0.308 e. The van der Waals surface area contributed by atoms with Crippen LogP contribution < -0.4 is 10.2 Å². The molecule has 2 heterocycles. The van der Waals surface area contributed by atoms with Crippen LogP contribution in [-0.2, 0) is 17.8 Å². The molecular formula is C19H22N2O4. The highest BCUT2D eigenvalue weighted by atomic mass is 16.4. The highest BCUT2D eigenvalue weighted by Crippen LogP contribution is 2.33. The number of para-hydroxylation sites is 1. The van der Waals surface area contributed by atoms with Gasteiger partial charge in [-0.1, -0.05) is 25.1 Å². The van der Waals surface area contributed by atoms with Crippen LogP contribution >= 0.6 is 0 Å². The molecule has 2 atom stereocenters. The summed E-state index contributed by atoms with van der Waals surface area (Å²) >= 11 is 0. The molecule has 1 aromatic heterocycles. The Balaban J connectivity index is 1.72. The lowest BCUT2D eigenvalue weighted by atomic mass is 10.1. The molecule has 3 rings (SSSR count). The van der Waals surface area contributed by atoms with Crippen molar-refractivity contribution in [2.75, 3.05) is 11.4 Å². The zero-order valence-corrected chi connectivity index (χ0v) is 14.4. The van der Waals surface area contributed by atoms with Crippen LogP contribution in [0.1, 0.15) is 35.5 Å². The molecule has 0 bridgehead atoms. The minimum atomic E-state index is -0.935. The number of hydrogen-bond acceptors (Lipinski definition) is 4. The lowest BCUT2D eigenvalue weighted by molar-refractivity contribution is -0.140. The molecule has 2 unspecified atom stereocenters. The van der Waals surface area contributed by atoms with Crippen molar-refractivity contribution in [2.45, 2.75) is 32.9 Å². The predicted molar refractivity (Wildman–Crippen MR) is 93.6 cm³/mol. The summed E-state index contributed by atoms with van der Waals surface area (Å²) in [5.74, 6) is -1.29. The maximum atomic E-state index is 12.4. The number of fused-ring (bicyclic) bond motifs is 1. The number of nitrogens with zero attached hydrogens (tertiary/aromatic N) is 1. The van der Waals surface area contributed by atoms with Gasteiger partial charge in [-0.05, 0) is 31.0 Å². The zero-order valence-electron chi connectivity index (χ0n) is 14.4. The Morgan fingerprint density at radius 1 is 1.36 bits per heavy atom. The average Bonchev–Trinajstić information content (AvgIpc) is 3.17. The number of nitrogens with one attached hydrogen (secondary N) is 1. The molecule has 1 amide bonds. The first kappa shape index (κ1) is 17.1. The molecule has 2 aromatic rings. The lowest BCUT2D eigenvalue weighted by Gasteiger charge is -2.24. The van der Waals surface area contributed by atoms with Gasteiger partial charge in [-0.15, -0.1) is 0 Å². The second-order valence-electron chi connectivity index (χ2n) is 6.52. The van der Waals surface area contributed by atoms with Crippen LogP contribution in [0.4, 0.5) is 5.69 Å². The number of anilines is 1. The van der Waals surface area contributed by atoms with E-state index < -0.39 is 11.9 Å². The second kappa shape index (κ2) is 7.01. The smallest absolute Gasteiger partial charge is 0.308 e. The van der Waals surface area contributed by atoms with Crippen LogP contribution in [0.5, 0.6) is 0 Å². The third-order valence-corrected chi connectivity index (χ3v) is 4.64. The molecule has 1 aromatic carbocycles. The molecular weight excluding hydrogens is 320 g/mol. The Labute approximate surface area is 146 Å². The fraction of sp³-hybridized carbons (Fsp3) is 0.368. The Morgan fingerprint density at radius 3 is 2.88 bits per heavy atom. The van der Waals surface area contributed by atoms with E-state index in [1.165, 1.54) is 11.8 Å². The molecule has 1 aliphatic rings. The topological polar surface area (TPSA) is 82.8 Å². The fourth-order valence-corrected chi connectivity index (χ4v) is 3.12. The van der Waals surface area contributed by atoms with Gasteiger partial charge < -0.3 is 19.7 Å². The Kier molecular flexibility index (Phi) is 4.79. The largest absolute Gasteiger partial charge is 0.481 e. The first-order chi connectivity index (χ1) is 12.0. The van der Waals surface area contributed by atoms with Gasteiger partial charge in [0.05, 0.1) is 24.3 Å².